The van der Waals surface area contributed by atoms with Crippen LogP contribution in [0.3, 0.4) is 0 Å². The average molecular weight is 265 g/mol. The summed E-state index contributed by atoms with van der Waals surface area (Å²) < 4.78 is 3.81. The fraction of sp³-hybridized carbons (Fsp3) is 0.111. The topological polar surface area (TPSA) is 81.4 Å². The van der Waals surface area contributed by atoms with Crippen LogP contribution in [0.25, 0.3) is 0 Å². The van der Waals surface area contributed by atoms with E-state index in [9.17, 15) is 4.79 Å². The maximum absolute atomic E-state index is 10.5. The van der Waals surface area contributed by atoms with Crippen LogP contribution in [0, 0.1) is 0 Å². The lowest BCUT2D eigenvalue weighted by atomic mass is 10.2. The number of carbonyl (C=O) groups is 2. The number of rotatable bonds is 2. The summed E-state index contributed by atoms with van der Waals surface area (Å²) in [6.45, 7) is 0.240. The summed E-state index contributed by atoms with van der Waals surface area (Å²) in [5, 5.41) is 0. The zero-order chi connectivity index (χ0) is 12.4. The minimum atomic E-state index is -0.889. The molecule has 1 amide bonds. The highest BCUT2D eigenvalue weighted by molar-refractivity contribution is 6.93. The normalized spacial score (nSPS) is 8.44. The van der Waals surface area contributed by atoms with E-state index in [1.54, 1.807) is 0 Å². The molecular weight excluding hydrogens is 255 g/mol. The van der Waals surface area contributed by atoms with Crippen molar-refractivity contribution in [1.82, 2.24) is 5.43 Å². The third-order valence-electron chi connectivity index (χ3n) is 1.33. The van der Waals surface area contributed by atoms with Gasteiger partial charge < -0.3 is 4.74 Å². The van der Waals surface area contributed by atoms with Gasteiger partial charge in [-0.05, 0) is 28.8 Å². The van der Waals surface area contributed by atoms with Crippen LogP contribution in [-0.4, -0.2) is 10.8 Å². The Bertz CT molecular complexity index is 329. The molecule has 0 aliphatic rings. The Hall–Kier alpha value is -1.30. The molecular formula is C9H10Cl2N2O3. The van der Waals surface area contributed by atoms with Gasteiger partial charge in [-0.3, -0.25) is 10.2 Å². The number of carbonyl (C=O) groups excluding carboxylic acids is 2. The van der Waals surface area contributed by atoms with Gasteiger partial charge in [-0.25, -0.2) is 10.6 Å². The van der Waals surface area contributed by atoms with Gasteiger partial charge in [-0.15, -0.1) is 0 Å². The fourth-order valence-electron chi connectivity index (χ4n) is 0.765. The molecule has 0 saturated heterocycles. The van der Waals surface area contributed by atoms with Gasteiger partial charge in [0.2, 0.25) is 0 Å². The second-order valence-electron chi connectivity index (χ2n) is 2.43. The molecule has 0 aliphatic heterocycles. The zero-order valence-electron chi connectivity index (χ0n) is 8.15. The first-order valence-corrected chi connectivity index (χ1v) is 4.84. The Morgan fingerprint density at radius 2 is 1.75 bits per heavy atom. The molecule has 0 saturated carbocycles. The Morgan fingerprint density at radius 3 is 2.19 bits per heavy atom. The van der Waals surface area contributed by atoms with Crippen LogP contribution in [-0.2, 0) is 11.3 Å². The van der Waals surface area contributed by atoms with E-state index in [-0.39, 0.29) is 6.61 Å². The van der Waals surface area contributed by atoms with E-state index in [1.165, 1.54) is 0 Å². The highest BCUT2D eigenvalue weighted by Gasteiger charge is 1.97. The second kappa shape index (κ2) is 8.96. The van der Waals surface area contributed by atoms with Crippen LogP contribution in [0.4, 0.5) is 9.59 Å². The first-order valence-electron chi connectivity index (χ1n) is 4.08. The fourth-order valence-corrected chi connectivity index (χ4v) is 0.765. The molecule has 3 N–H and O–H groups in total. The lowest BCUT2D eigenvalue weighted by Gasteiger charge is -2.02. The van der Waals surface area contributed by atoms with Crippen LogP contribution in [0.1, 0.15) is 5.56 Å². The van der Waals surface area contributed by atoms with E-state index in [1.807, 2.05) is 35.8 Å². The largest absolute Gasteiger partial charge is 0.444 e. The predicted molar refractivity (Wildman–Crippen MR) is 61.1 cm³/mol. The highest BCUT2D eigenvalue weighted by Crippen LogP contribution is 1.99. The van der Waals surface area contributed by atoms with Crippen molar-refractivity contribution in [1.29, 1.82) is 0 Å². The number of amides is 1. The van der Waals surface area contributed by atoms with E-state index in [0.29, 0.717) is 0 Å². The molecule has 0 aromatic heterocycles. The third-order valence-corrected chi connectivity index (χ3v) is 1.33. The van der Waals surface area contributed by atoms with E-state index >= 15 is 0 Å². The molecule has 0 radical (unpaired) electrons. The highest BCUT2D eigenvalue weighted by atomic mass is 35.5. The smallest absolute Gasteiger partial charge is 0.421 e. The van der Waals surface area contributed by atoms with Gasteiger partial charge in [0, 0.05) is 0 Å². The van der Waals surface area contributed by atoms with Gasteiger partial charge in [0.15, 0.2) is 0 Å². The van der Waals surface area contributed by atoms with Crippen molar-refractivity contribution in [2.24, 2.45) is 5.84 Å². The summed E-state index contributed by atoms with van der Waals surface area (Å²) in [7, 11) is 0. The second-order valence-corrected chi connectivity index (χ2v) is 3.31. The predicted octanol–water partition coefficient (Wildman–Crippen LogP) is 2.37. The summed E-state index contributed by atoms with van der Waals surface area (Å²) in [5.41, 5.74) is 2.81. The summed E-state index contributed by atoms with van der Waals surface area (Å²) in [6.07, 6.45) is -0.626. The number of hydrogen-bond donors (Lipinski definition) is 2. The molecule has 0 atom stereocenters. The van der Waals surface area contributed by atoms with Crippen LogP contribution in [0.2, 0.25) is 0 Å². The third kappa shape index (κ3) is 9.26. The Kier molecular flexibility index (Phi) is 8.24. The monoisotopic (exact) mass is 264 g/mol. The molecule has 0 spiro atoms. The molecule has 0 heterocycles. The number of halogens is 2. The molecule has 1 rings (SSSR count). The van der Waals surface area contributed by atoms with Crippen LogP contribution in [0.15, 0.2) is 30.3 Å². The number of hydrogen-bond acceptors (Lipinski definition) is 4. The van der Waals surface area contributed by atoms with Crippen molar-refractivity contribution in [3.05, 3.63) is 35.9 Å². The summed E-state index contributed by atoms with van der Waals surface area (Å²) in [6, 6.07) is 9.37. The summed E-state index contributed by atoms with van der Waals surface area (Å²) in [4.78, 5) is 19.5. The minimum absolute atomic E-state index is 0.240. The summed E-state index contributed by atoms with van der Waals surface area (Å²) >= 11 is 8.80. The van der Waals surface area contributed by atoms with Gasteiger partial charge in [0.1, 0.15) is 6.61 Å². The van der Waals surface area contributed by atoms with Crippen molar-refractivity contribution in [3.63, 3.8) is 0 Å². The maximum Gasteiger partial charge on any atom is 0.421 e. The minimum Gasteiger partial charge on any atom is -0.444 e. The molecule has 1 aromatic carbocycles. The number of ether oxygens (including phenoxy) is 1. The van der Waals surface area contributed by atoms with Crippen LogP contribution >= 0.6 is 23.2 Å². The van der Waals surface area contributed by atoms with E-state index < -0.39 is 10.8 Å². The quantitative estimate of drug-likeness (QED) is 0.372. The van der Waals surface area contributed by atoms with E-state index in [0.717, 1.165) is 5.56 Å². The maximum atomic E-state index is 10.5. The molecule has 0 unspecified atom stereocenters. The van der Waals surface area contributed by atoms with Crippen molar-refractivity contribution in [2.75, 3.05) is 0 Å². The van der Waals surface area contributed by atoms with Gasteiger partial charge in [-0.1, -0.05) is 30.3 Å². The number of nitrogens with two attached hydrogens (primary N) is 1. The zero-order valence-corrected chi connectivity index (χ0v) is 9.66. The molecule has 0 bridgehead atoms. The van der Waals surface area contributed by atoms with Gasteiger partial charge in [0.25, 0.3) is 0 Å². The van der Waals surface area contributed by atoms with Crippen molar-refractivity contribution in [2.45, 2.75) is 6.61 Å². The molecule has 88 valence electrons. The van der Waals surface area contributed by atoms with Crippen LogP contribution < -0.4 is 11.3 Å². The summed E-state index contributed by atoms with van der Waals surface area (Å²) in [5.74, 6) is 4.81. The van der Waals surface area contributed by atoms with Gasteiger partial charge >= 0.3 is 10.8 Å². The standard InChI is InChI=1S/C8H10N2O2.CCl2O/c9-10-8(11)12-6-7-4-2-1-3-5-7;2-1(3)4/h1-5H,6,9H2,(H,10,11);. The van der Waals surface area contributed by atoms with Gasteiger partial charge in [-0.2, -0.15) is 0 Å². The first-order chi connectivity index (χ1) is 7.56. The van der Waals surface area contributed by atoms with Crippen molar-refractivity contribution in [3.8, 4) is 0 Å². The van der Waals surface area contributed by atoms with E-state index in [2.05, 4.69) is 23.2 Å². The molecule has 0 fully saturated rings. The average Bonchev–Trinajstić information content (AvgIpc) is 2.26. The lowest BCUT2D eigenvalue weighted by Crippen LogP contribution is -2.30. The van der Waals surface area contributed by atoms with Crippen molar-refractivity contribution < 1.29 is 14.3 Å². The number of benzene rings is 1. The van der Waals surface area contributed by atoms with Crippen LogP contribution in [0.5, 0.6) is 0 Å². The molecule has 0 aliphatic carbocycles. The van der Waals surface area contributed by atoms with Gasteiger partial charge in [0.05, 0.1) is 0 Å². The lowest BCUT2D eigenvalue weighted by molar-refractivity contribution is 0.140. The Morgan fingerprint density at radius 1 is 1.25 bits per heavy atom. The van der Waals surface area contributed by atoms with Crippen molar-refractivity contribution >= 4 is 34.0 Å². The molecule has 1 aromatic rings. The Balaban J connectivity index is 0.000000487. The first kappa shape index (κ1) is 14.7. The molecule has 7 heteroatoms. The van der Waals surface area contributed by atoms with E-state index in [4.69, 9.17) is 15.4 Å². The number of hydrazine groups is 1. The molecule has 5 nitrogen and oxygen atoms in total. The Labute approximate surface area is 102 Å². The molecule has 16 heavy (non-hydrogen) atoms. The SMILES string of the molecule is NNC(=O)OCc1ccccc1.O=C(Cl)Cl. The number of nitrogens with one attached hydrogen (secondary N) is 1.